The number of rotatable bonds is 0. The number of hydrogen-bond acceptors (Lipinski definition) is 0. The van der Waals surface area contributed by atoms with E-state index in [-0.39, 0.29) is 4.49 Å². The van der Waals surface area contributed by atoms with Crippen LogP contribution in [0.3, 0.4) is 0 Å². The highest BCUT2D eigenvalue weighted by Crippen LogP contribution is 1.98. The fraction of sp³-hybridized carbons (Fsp3) is 0. The summed E-state index contributed by atoms with van der Waals surface area (Å²) in [6, 6.07) is 0. The van der Waals surface area contributed by atoms with E-state index in [1.54, 1.807) is 0 Å². The zero-order valence-corrected chi connectivity index (χ0v) is 3.35. The molecule has 0 aliphatic rings. The fourth-order valence-corrected chi connectivity index (χ4v) is 0. The van der Waals surface area contributed by atoms with E-state index < -0.39 is 0 Å². The summed E-state index contributed by atoms with van der Waals surface area (Å²) >= 11 is 9.47. The summed E-state index contributed by atoms with van der Waals surface area (Å²) in [6.45, 7) is 4.56. The molecule has 0 aromatic rings. The largest absolute Gasteiger partial charge is 0.106 e. The molecule has 0 saturated carbocycles. The van der Waals surface area contributed by atoms with Crippen LogP contribution in [-0.4, -0.2) is 0 Å². The second-order valence-corrected chi connectivity index (χ2v) is 1.30. The lowest BCUT2D eigenvalue weighted by Gasteiger charge is -1.56. The van der Waals surface area contributed by atoms with Crippen molar-refractivity contribution in [1.29, 1.82) is 0 Å². The molecular formula is C2HCl2. The van der Waals surface area contributed by atoms with Crippen LogP contribution < -0.4 is 0 Å². The van der Waals surface area contributed by atoms with E-state index in [0.29, 0.717) is 0 Å². The first kappa shape index (κ1) is 4.32. The molecule has 0 amide bonds. The van der Waals surface area contributed by atoms with Gasteiger partial charge in [0.15, 0.2) is 0 Å². The minimum atomic E-state index is -0.139. The monoisotopic (exact) mass is 94.9 g/mol. The van der Waals surface area contributed by atoms with Gasteiger partial charge in [-0.1, -0.05) is 23.2 Å². The standard InChI is InChI=1S/C2HCl2/c1-2(3)4/h1H. The van der Waals surface area contributed by atoms with Gasteiger partial charge < -0.3 is 0 Å². The van der Waals surface area contributed by atoms with Crippen molar-refractivity contribution >= 4 is 23.2 Å². The van der Waals surface area contributed by atoms with Gasteiger partial charge in [0.2, 0.25) is 0 Å². The molecule has 0 aliphatic heterocycles. The summed E-state index contributed by atoms with van der Waals surface area (Å²) in [5.74, 6) is 0. The molecule has 0 fully saturated rings. The maximum atomic E-state index is 4.73. The van der Waals surface area contributed by atoms with E-state index in [1.807, 2.05) is 0 Å². The van der Waals surface area contributed by atoms with Gasteiger partial charge in [-0.3, -0.25) is 0 Å². The van der Waals surface area contributed by atoms with E-state index in [0.717, 1.165) is 0 Å². The molecule has 0 rings (SSSR count). The Labute approximate surface area is 35.0 Å². The third-order valence-electron chi connectivity index (χ3n) is 0. The summed E-state index contributed by atoms with van der Waals surface area (Å²) in [4.78, 5) is 0. The Balaban J connectivity index is 2.80. The predicted octanol–water partition coefficient (Wildman–Crippen LogP) is 1.74. The van der Waals surface area contributed by atoms with Crippen LogP contribution in [0.4, 0.5) is 0 Å². The molecular weight excluding hydrogens is 94.9 g/mol. The van der Waals surface area contributed by atoms with Crippen LogP contribution in [0.15, 0.2) is 4.49 Å². The Hall–Kier alpha value is 0.320. The summed E-state index contributed by atoms with van der Waals surface area (Å²) in [7, 11) is 0. The second-order valence-electron chi connectivity index (χ2n) is 0.290. The maximum absolute atomic E-state index is 4.73. The zero-order valence-electron chi connectivity index (χ0n) is 1.83. The van der Waals surface area contributed by atoms with Crippen molar-refractivity contribution in [1.82, 2.24) is 0 Å². The zero-order chi connectivity index (χ0) is 3.58. The van der Waals surface area contributed by atoms with Gasteiger partial charge in [0.1, 0.15) is 4.49 Å². The first-order valence-corrected chi connectivity index (χ1v) is 1.42. The van der Waals surface area contributed by atoms with Crippen LogP contribution in [0.2, 0.25) is 0 Å². The summed E-state index contributed by atoms with van der Waals surface area (Å²) in [6.07, 6.45) is 0. The molecule has 0 saturated heterocycles. The van der Waals surface area contributed by atoms with E-state index in [2.05, 4.69) is 6.58 Å². The molecule has 2 heteroatoms. The van der Waals surface area contributed by atoms with Crippen molar-refractivity contribution in [2.75, 3.05) is 0 Å². The van der Waals surface area contributed by atoms with Crippen LogP contribution in [0.1, 0.15) is 0 Å². The molecule has 0 atom stereocenters. The molecule has 23 valence electrons. The van der Waals surface area contributed by atoms with Crippen molar-refractivity contribution in [3.8, 4) is 0 Å². The molecule has 0 N–H and O–H groups in total. The van der Waals surface area contributed by atoms with Gasteiger partial charge >= 0.3 is 0 Å². The Kier molecular flexibility index (Phi) is 1.75. The van der Waals surface area contributed by atoms with Crippen LogP contribution in [0.5, 0.6) is 0 Å². The van der Waals surface area contributed by atoms with E-state index in [1.165, 1.54) is 0 Å². The molecule has 0 aliphatic carbocycles. The Morgan fingerprint density at radius 3 is 1.50 bits per heavy atom. The summed E-state index contributed by atoms with van der Waals surface area (Å²) < 4.78 is -0.139. The van der Waals surface area contributed by atoms with Crippen LogP contribution >= 0.6 is 23.2 Å². The summed E-state index contributed by atoms with van der Waals surface area (Å²) in [5.41, 5.74) is 0. The van der Waals surface area contributed by atoms with Crippen molar-refractivity contribution in [2.45, 2.75) is 0 Å². The highest BCUT2D eigenvalue weighted by Gasteiger charge is 1.61. The summed E-state index contributed by atoms with van der Waals surface area (Å²) in [5, 5.41) is 0. The van der Waals surface area contributed by atoms with E-state index >= 15 is 0 Å². The first-order chi connectivity index (χ1) is 1.73. The molecule has 0 unspecified atom stereocenters. The molecule has 0 spiro atoms. The molecule has 0 aromatic carbocycles. The maximum Gasteiger partial charge on any atom is 0.106 e. The van der Waals surface area contributed by atoms with E-state index in [4.69, 9.17) is 23.2 Å². The normalized spacial score (nSPS) is 6.50. The Morgan fingerprint density at radius 2 is 1.50 bits per heavy atom. The fourth-order valence-electron chi connectivity index (χ4n) is 0. The first-order valence-electron chi connectivity index (χ1n) is 0.667. The Bertz CT molecular complexity index is 27.0. The van der Waals surface area contributed by atoms with Crippen molar-refractivity contribution in [3.05, 3.63) is 11.1 Å². The Morgan fingerprint density at radius 1 is 1.50 bits per heavy atom. The molecule has 4 heavy (non-hydrogen) atoms. The van der Waals surface area contributed by atoms with Gasteiger partial charge in [-0.2, -0.15) is 0 Å². The van der Waals surface area contributed by atoms with Crippen molar-refractivity contribution in [2.24, 2.45) is 0 Å². The quantitative estimate of drug-likeness (QED) is 0.430. The molecule has 0 nitrogen and oxygen atoms in total. The van der Waals surface area contributed by atoms with Crippen molar-refractivity contribution < 1.29 is 0 Å². The van der Waals surface area contributed by atoms with Gasteiger partial charge in [-0.25, -0.2) is 0 Å². The predicted molar refractivity (Wildman–Crippen MR) is 19.5 cm³/mol. The van der Waals surface area contributed by atoms with Crippen LogP contribution in [-0.2, 0) is 0 Å². The van der Waals surface area contributed by atoms with E-state index in [9.17, 15) is 0 Å². The number of hydrogen-bond donors (Lipinski definition) is 0. The third-order valence-corrected chi connectivity index (χ3v) is 0. The number of halogens is 2. The average Bonchev–Trinajstić information content (AvgIpc) is 0.811. The SMILES string of the molecule is [CH]=C(Cl)Cl. The van der Waals surface area contributed by atoms with Crippen LogP contribution in [0.25, 0.3) is 0 Å². The van der Waals surface area contributed by atoms with Crippen LogP contribution in [0, 0.1) is 6.58 Å². The lowest BCUT2D eigenvalue weighted by Crippen LogP contribution is -1.25. The molecule has 0 bridgehead atoms. The molecule has 0 aromatic heterocycles. The van der Waals surface area contributed by atoms with Gasteiger partial charge in [0.05, 0.1) is 0 Å². The smallest absolute Gasteiger partial charge is 0.0709 e. The average molecular weight is 95.9 g/mol. The lowest BCUT2D eigenvalue weighted by molar-refractivity contribution is 2.37. The van der Waals surface area contributed by atoms with Gasteiger partial charge in [-0.05, 0) is 6.58 Å². The minimum Gasteiger partial charge on any atom is -0.0709 e. The van der Waals surface area contributed by atoms with Gasteiger partial charge in [0.25, 0.3) is 0 Å². The van der Waals surface area contributed by atoms with Gasteiger partial charge in [0, 0.05) is 0 Å². The molecule has 0 heterocycles. The molecule has 1 radical (unpaired) electrons. The topological polar surface area (TPSA) is 0 Å². The van der Waals surface area contributed by atoms with Gasteiger partial charge in [-0.15, -0.1) is 0 Å². The lowest BCUT2D eigenvalue weighted by atomic mass is 11.3. The highest BCUT2D eigenvalue weighted by atomic mass is 35.5. The minimum absolute atomic E-state index is 0.139. The highest BCUT2D eigenvalue weighted by molar-refractivity contribution is 6.55. The van der Waals surface area contributed by atoms with Crippen molar-refractivity contribution in [3.63, 3.8) is 0 Å². The third kappa shape index (κ3) is 39.5. The second kappa shape index (κ2) is 1.62.